The highest BCUT2D eigenvalue weighted by molar-refractivity contribution is 5.47. The molecule has 3 aromatic rings. The van der Waals surface area contributed by atoms with Crippen molar-refractivity contribution in [2.24, 2.45) is 0 Å². The average Bonchev–Trinajstić information content (AvgIpc) is 3.06. The van der Waals surface area contributed by atoms with Crippen molar-refractivity contribution < 1.29 is 4.42 Å². The van der Waals surface area contributed by atoms with Gasteiger partial charge in [0.2, 0.25) is 5.89 Å². The quantitative estimate of drug-likeness (QED) is 0.742. The van der Waals surface area contributed by atoms with E-state index in [2.05, 4.69) is 27.0 Å². The number of aromatic nitrogens is 2. The second-order valence-corrected chi connectivity index (χ2v) is 5.88. The van der Waals surface area contributed by atoms with E-state index in [1.165, 1.54) is 0 Å². The zero-order valence-electron chi connectivity index (χ0n) is 13.1. The highest BCUT2D eigenvalue weighted by atomic mass is 16.4. The predicted octanol–water partition coefficient (Wildman–Crippen LogP) is 3.17. The molecule has 1 aromatic carbocycles. The van der Waals surface area contributed by atoms with Crippen LogP contribution in [0, 0.1) is 11.3 Å². The molecule has 0 fully saturated rings. The molecular formula is C19H16N4O. The van der Waals surface area contributed by atoms with Gasteiger partial charge in [0.15, 0.2) is 0 Å². The Morgan fingerprint density at radius 2 is 2.17 bits per heavy atom. The minimum absolute atomic E-state index is 0.592. The second-order valence-electron chi connectivity index (χ2n) is 5.88. The number of hydrogen-bond acceptors (Lipinski definition) is 5. The summed E-state index contributed by atoms with van der Waals surface area (Å²) < 4.78 is 5.94. The van der Waals surface area contributed by atoms with E-state index >= 15 is 0 Å². The molecule has 118 valence electrons. The molecular weight excluding hydrogens is 300 g/mol. The van der Waals surface area contributed by atoms with Gasteiger partial charge in [0.1, 0.15) is 11.5 Å². The molecule has 0 saturated heterocycles. The molecule has 0 N–H and O–H groups in total. The number of pyridine rings is 1. The smallest absolute Gasteiger partial charge is 0.245 e. The van der Waals surface area contributed by atoms with Gasteiger partial charge in [-0.25, -0.2) is 4.98 Å². The van der Waals surface area contributed by atoms with Gasteiger partial charge in [0.05, 0.1) is 23.9 Å². The largest absolute Gasteiger partial charge is 0.438 e. The normalized spacial score (nSPS) is 14.1. The molecule has 0 aliphatic carbocycles. The first-order chi connectivity index (χ1) is 11.8. The molecule has 0 amide bonds. The number of fused-ring (bicyclic) bond motifs is 1. The lowest BCUT2D eigenvalue weighted by Crippen LogP contribution is -2.29. The summed E-state index contributed by atoms with van der Waals surface area (Å²) >= 11 is 0. The zero-order chi connectivity index (χ0) is 16.4. The van der Waals surface area contributed by atoms with Gasteiger partial charge in [-0.2, -0.15) is 5.26 Å². The van der Waals surface area contributed by atoms with E-state index in [1.807, 2.05) is 36.4 Å². The maximum atomic E-state index is 9.02. The standard InChI is InChI=1S/C19H16N4O/c20-11-14-4-3-5-15(10-14)12-23-9-7-16-18(13-23)24-19(22-16)17-6-1-2-8-21-17/h1-6,8,10H,7,9,12-13H2. The monoisotopic (exact) mass is 316 g/mol. The predicted molar refractivity (Wildman–Crippen MR) is 88.7 cm³/mol. The van der Waals surface area contributed by atoms with Gasteiger partial charge in [-0.15, -0.1) is 0 Å². The van der Waals surface area contributed by atoms with Crippen LogP contribution >= 0.6 is 0 Å². The summed E-state index contributed by atoms with van der Waals surface area (Å²) in [4.78, 5) is 11.2. The third-order valence-corrected chi connectivity index (χ3v) is 4.16. The molecule has 4 rings (SSSR count). The molecule has 0 radical (unpaired) electrons. The molecule has 1 aliphatic rings. The van der Waals surface area contributed by atoms with Crippen molar-refractivity contribution in [2.45, 2.75) is 19.5 Å². The van der Waals surface area contributed by atoms with Crippen LogP contribution in [0.25, 0.3) is 11.6 Å². The van der Waals surface area contributed by atoms with Gasteiger partial charge in [-0.1, -0.05) is 18.2 Å². The molecule has 0 bridgehead atoms. The van der Waals surface area contributed by atoms with Crippen LogP contribution in [-0.2, 0) is 19.5 Å². The van der Waals surface area contributed by atoms with Crippen LogP contribution in [0.5, 0.6) is 0 Å². The second kappa shape index (κ2) is 6.26. The fourth-order valence-corrected chi connectivity index (χ4v) is 2.98. The Hall–Kier alpha value is -2.97. The van der Waals surface area contributed by atoms with Crippen molar-refractivity contribution in [2.75, 3.05) is 6.54 Å². The van der Waals surface area contributed by atoms with E-state index in [-0.39, 0.29) is 0 Å². The van der Waals surface area contributed by atoms with E-state index in [9.17, 15) is 0 Å². The topological polar surface area (TPSA) is 66.0 Å². The van der Waals surface area contributed by atoms with Gasteiger partial charge < -0.3 is 4.42 Å². The molecule has 1 aliphatic heterocycles. The molecule has 5 nitrogen and oxygen atoms in total. The molecule has 3 heterocycles. The van der Waals surface area contributed by atoms with Gasteiger partial charge in [-0.05, 0) is 29.8 Å². The number of benzene rings is 1. The van der Waals surface area contributed by atoms with Crippen LogP contribution in [0.3, 0.4) is 0 Å². The summed E-state index contributed by atoms with van der Waals surface area (Å²) in [5.74, 6) is 1.51. The Bertz CT molecular complexity index is 895. The number of rotatable bonds is 3. The molecule has 5 heteroatoms. The maximum absolute atomic E-state index is 9.02. The van der Waals surface area contributed by atoms with E-state index in [1.54, 1.807) is 6.20 Å². The van der Waals surface area contributed by atoms with Crippen molar-refractivity contribution in [3.8, 4) is 17.7 Å². The zero-order valence-corrected chi connectivity index (χ0v) is 13.1. The fourth-order valence-electron chi connectivity index (χ4n) is 2.98. The number of nitriles is 1. The Labute approximate surface area is 140 Å². The SMILES string of the molecule is N#Cc1cccc(CN2CCc3nc(-c4ccccn4)oc3C2)c1. The molecule has 0 unspecified atom stereocenters. The first kappa shape index (κ1) is 14.6. The van der Waals surface area contributed by atoms with Gasteiger partial charge in [0, 0.05) is 25.7 Å². The highest BCUT2D eigenvalue weighted by Gasteiger charge is 2.23. The summed E-state index contributed by atoms with van der Waals surface area (Å²) in [6.07, 6.45) is 2.61. The van der Waals surface area contributed by atoms with Crippen LogP contribution in [0.4, 0.5) is 0 Å². The highest BCUT2D eigenvalue weighted by Crippen LogP contribution is 2.25. The number of hydrogen-bond donors (Lipinski definition) is 0. The summed E-state index contributed by atoms with van der Waals surface area (Å²) in [7, 11) is 0. The van der Waals surface area contributed by atoms with Crippen molar-refractivity contribution >= 4 is 0 Å². The lowest BCUT2D eigenvalue weighted by atomic mass is 10.1. The maximum Gasteiger partial charge on any atom is 0.245 e. The molecule has 24 heavy (non-hydrogen) atoms. The first-order valence-corrected chi connectivity index (χ1v) is 7.93. The third-order valence-electron chi connectivity index (χ3n) is 4.16. The van der Waals surface area contributed by atoms with E-state index in [4.69, 9.17) is 9.68 Å². The van der Waals surface area contributed by atoms with Crippen molar-refractivity contribution in [3.05, 3.63) is 71.2 Å². The van der Waals surface area contributed by atoms with Crippen molar-refractivity contribution in [1.29, 1.82) is 5.26 Å². The summed E-state index contributed by atoms with van der Waals surface area (Å²) in [6, 6.07) is 15.6. The Balaban J connectivity index is 1.52. The van der Waals surface area contributed by atoms with Crippen LogP contribution in [-0.4, -0.2) is 21.4 Å². The van der Waals surface area contributed by atoms with E-state index in [0.717, 1.165) is 48.8 Å². The molecule has 0 spiro atoms. The Morgan fingerprint density at radius 1 is 1.21 bits per heavy atom. The van der Waals surface area contributed by atoms with Crippen LogP contribution < -0.4 is 0 Å². The molecule has 0 atom stereocenters. The molecule has 0 saturated carbocycles. The lowest BCUT2D eigenvalue weighted by molar-refractivity contribution is 0.221. The number of oxazole rings is 1. The first-order valence-electron chi connectivity index (χ1n) is 7.93. The minimum Gasteiger partial charge on any atom is -0.438 e. The van der Waals surface area contributed by atoms with Crippen molar-refractivity contribution in [1.82, 2.24) is 14.9 Å². The van der Waals surface area contributed by atoms with Crippen molar-refractivity contribution in [3.63, 3.8) is 0 Å². The van der Waals surface area contributed by atoms with Crippen LogP contribution in [0.15, 0.2) is 53.1 Å². The van der Waals surface area contributed by atoms with Crippen LogP contribution in [0.1, 0.15) is 22.6 Å². The summed E-state index contributed by atoms with van der Waals surface area (Å²) in [5.41, 5.74) is 3.63. The van der Waals surface area contributed by atoms with Gasteiger partial charge >= 0.3 is 0 Å². The summed E-state index contributed by atoms with van der Waals surface area (Å²) in [5, 5.41) is 9.02. The third kappa shape index (κ3) is 2.92. The van der Waals surface area contributed by atoms with Crippen LogP contribution in [0.2, 0.25) is 0 Å². The lowest BCUT2D eigenvalue weighted by Gasteiger charge is -2.25. The average molecular weight is 316 g/mol. The van der Waals surface area contributed by atoms with Gasteiger partial charge in [0.25, 0.3) is 0 Å². The van der Waals surface area contributed by atoms with E-state index in [0.29, 0.717) is 11.5 Å². The molecule has 2 aromatic heterocycles. The minimum atomic E-state index is 0.592. The fraction of sp³-hybridized carbons (Fsp3) is 0.211. The van der Waals surface area contributed by atoms with E-state index < -0.39 is 0 Å². The Morgan fingerprint density at radius 3 is 3.00 bits per heavy atom. The van der Waals surface area contributed by atoms with Gasteiger partial charge in [-0.3, -0.25) is 9.88 Å². The number of nitrogens with zero attached hydrogens (tertiary/aromatic N) is 4. The summed E-state index contributed by atoms with van der Waals surface area (Å²) in [6.45, 7) is 2.46. The Kier molecular flexibility index (Phi) is 3.81.